The lowest BCUT2D eigenvalue weighted by molar-refractivity contribution is -0.192. The van der Waals surface area contributed by atoms with Gasteiger partial charge in [-0.05, 0) is 49.6 Å². The third kappa shape index (κ3) is 2.62. The summed E-state index contributed by atoms with van der Waals surface area (Å²) in [6.45, 7) is 0. The van der Waals surface area contributed by atoms with Gasteiger partial charge in [0, 0.05) is 8.95 Å². The predicted octanol–water partition coefficient (Wildman–Crippen LogP) is 2.22. The van der Waals surface area contributed by atoms with E-state index in [9.17, 15) is 9.59 Å². The van der Waals surface area contributed by atoms with Crippen molar-refractivity contribution in [1.29, 1.82) is 0 Å². The molecule has 0 atom stereocenters. The van der Waals surface area contributed by atoms with Gasteiger partial charge in [0.2, 0.25) is 0 Å². The minimum atomic E-state index is -1.11. The largest absolute Gasteiger partial charge is 0.444 e. The van der Waals surface area contributed by atoms with E-state index < -0.39 is 11.9 Å². The van der Waals surface area contributed by atoms with Crippen LogP contribution in [-0.2, 0) is 19.3 Å². The number of rotatable bonds is 1. The van der Waals surface area contributed by atoms with Gasteiger partial charge in [-0.15, -0.1) is 0 Å². The SMILES string of the molecule is O=C1ONN(c2cc(Br)cc(Br)c2Br)OC1=O. The molecule has 90 valence electrons. The van der Waals surface area contributed by atoms with Gasteiger partial charge in [-0.1, -0.05) is 21.1 Å². The fraction of sp³-hybridized carbons (Fsp3) is 0. The van der Waals surface area contributed by atoms with E-state index in [0.29, 0.717) is 10.2 Å². The van der Waals surface area contributed by atoms with E-state index in [1.54, 1.807) is 12.1 Å². The molecule has 1 aromatic rings. The zero-order valence-corrected chi connectivity index (χ0v) is 12.6. The lowest BCUT2D eigenvalue weighted by Gasteiger charge is -2.26. The average Bonchev–Trinajstić information content (AvgIpc) is 2.27. The van der Waals surface area contributed by atoms with Gasteiger partial charge in [-0.25, -0.2) is 9.59 Å². The van der Waals surface area contributed by atoms with Gasteiger partial charge in [0.15, 0.2) is 0 Å². The Bertz CT molecular complexity index is 508. The van der Waals surface area contributed by atoms with Crippen molar-refractivity contribution in [2.45, 2.75) is 0 Å². The van der Waals surface area contributed by atoms with Gasteiger partial charge < -0.3 is 9.68 Å². The average molecular weight is 431 g/mol. The van der Waals surface area contributed by atoms with E-state index in [4.69, 9.17) is 4.84 Å². The van der Waals surface area contributed by atoms with Crippen molar-refractivity contribution in [2.24, 2.45) is 0 Å². The Balaban J connectivity index is 2.35. The Morgan fingerprint density at radius 2 is 1.82 bits per heavy atom. The van der Waals surface area contributed by atoms with Crippen LogP contribution >= 0.6 is 47.8 Å². The first kappa shape index (κ1) is 12.8. The highest BCUT2D eigenvalue weighted by molar-refractivity contribution is 9.13. The van der Waals surface area contributed by atoms with Gasteiger partial charge in [0.25, 0.3) is 0 Å². The summed E-state index contributed by atoms with van der Waals surface area (Å²) in [7, 11) is 0. The molecule has 0 aliphatic carbocycles. The molecule has 1 aliphatic rings. The van der Waals surface area contributed by atoms with Crippen LogP contribution in [0.5, 0.6) is 0 Å². The minimum Gasteiger partial charge on any atom is -0.338 e. The quantitative estimate of drug-likeness (QED) is 0.544. The summed E-state index contributed by atoms with van der Waals surface area (Å²) in [5.74, 6) is -2.21. The first-order valence-electron chi connectivity index (χ1n) is 4.12. The highest BCUT2D eigenvalue weighted by Gasteiger charge is 2.30. The van der Waals surface area contributed by atoms with Crippen LogP contribution < -0.4 is 10.8 Å². The van der Waals surface area contributed by atoms with Crippen LogP contribution in [0, 0.1) is 0 Å². The number of anilines is 1. The molecule has 1 aliphatic heterocycles. The molecule has 0 radical (unpaired) electrons. The standard InChI is InChI=1S/C8H3Br3N2O4/c9-3-1-4(10)6(11)5(2-3)13-12-16-7(14)8(15)17-13/h1-2,12H. The van der Waals surface area contributed by atoms with Crippen LogP contribution in [-0.4, -0.2) is 11.9 Å². The molecule has 0 saturated carbocycles. The first-order valence-corrected chi connectivity index (χ1v) is 6.50. The number of nitrogens with zero attached hydrogens (tertiary/aromatic N) is 1. The molecule has 2 rings (SSSR count). The molecule has 1 fully saturated rings. The molecule has 17 heavy (non-hydrogen) atoms. The third-order valence-corrected chi connectivity index (χ3v) is 4.20. The van der Waals surface area contributed by atoms with Crippen molar-refractivity contribution in [3.8, 4) is 0 Å². The number of hydrogen-bond acceptors (Lipinski definition) is 6. The lowest BCUT2D eigenvalue weighted by atomic mass is 10.3. The van der Waals surface area contributed by atoms with E-state index in [1.165, 1.54) is 0 Å². The van der Waals surface area contributed by atoms with Gasteiger partial charge in [0.1, 0.15) is 5.69 Å². The van der Waals surface area contributed by atoms with Crippen LogP contribution in [0.3, 0.4) is 0 Å². The number of hydrogen-bond donors (Lipinski definition) is 1. The summed E-state index contributed by atoms with van der Waals surface area (Å²) in [4.78, 5) is 30.9. The molecule has 1 heterocycles. The van der Waals surface area contributed by atoms with Gasteiger partial charge in [-0.3, -0.25) is 0 Å². The molecule has 1 saturated heterocycles. The molecule has 0 amide bonds. The maximum absolute atomic E-state index is 11.0. The molecule has 9 heteroatoms. The Morgan fingerprint density at radius 3 is 2.47 bits per heavy atom. The van der Waals surface area contributed by atoms with E-state index >= 15 is 0 Å². The van der Waals surface area contributed by atoms with E-state index in [1.807, 2.05) is 0 Å². The number of hydrazine groups is 1. The summed E-state index contributed by atoms with van der Waals surface area (Å²) in [5.41, 5.74) is 2.63. The maximum atomic E-state index is 11.0. The topological polar surface area (TPSA) is 67.9 Å². The molecule has 0 aromatic heterocycles. The highest BCUT2D eigenvalue weighted by atomic mass is 79.9. The number of nitrogens with one attached hydrogen (secondary N) is 1. The fourth-order valence-corrected chi connectivity index (χ4v) is 2.64. The van der Waals surface area contributed by atoms with Crippen LogP contribution in [0.2, 0.25) is 0 Å². The number of carbonyl (C=O) groups is 2. The zero-order valence-electron chi connectivity index (χ0n) is 7.87. The second kappa shape index (κ2) is 4.92. The van der Waals surface area contributed by atoms with E-state index in [-0.39, 0.29) is 0 Å². The van der Waals surface area contributed by atoms with Crippen LogP contribution in [0.1, 0.15) is 0 Å². The molecule has 0 bridgehead atoms. The van der Waals surface area contributed by atoms with Crippen molar-refractivity contribution in [2.75, 3.05) is 5.17 Å². The predicted molar refractivity (Wildman–Crippen MR) is 67.3 cm³/mol. The van der Waals surface area contributed by atoms with Crippen molar-refractivity contribution in [3.05, 3.63) is 25.6 Å². The Kier molecular flexibility index (Phi) is 3.71. The molecular formula is C8H3Br3N2O4. The summed E-state index contributed by atoms with van der Waals surface area (Å²) >= 11 is 9.90. The molecule has 0 spiro atoms. The second-order valence-corrected chi connectivity index (χ2v) is 5.44. The summed E-state index contributed by atoms with van der Waals surface area (Å²) in [6, 6.07) is 3.46. The lowest BCUT2D eigenvalue weighted by Crippen LogP contribution is -2.49. The smallest absolute Gasteiger partial charge is 0.338 e. The summed E-state index contributed by atoms with van der Waals surface area (Å²) in [6.07, 6.45) is 0. The molecule has 0 unspecified atom stereocenters. The fourth-order valence-electron chi connectivity index (χ4n) is 1.05. The second-order valence-electron chi connectivity index (χ2n) is 2.87. The zero-order chi connectivity index (χ0) is 12.6. The van der Waals surface area contributed by atoms with Crippen molar-refractivity contribution in [1.82, 2.24) is 5.59 Å². The van der Waals surface area contributed by atoms with Crippen LogP contribution in [0.25, 0.3) is 0 Å². The molecule has 1 aromatic carbocycles. The Morgan fingerprint density at radius 1 is 1.12 bits per heavy atom. The number of halogens is 3. The van der Waals surface area contributed by atoms with Gasteiger partial charge in [-0.2, -0.15) is 0 Å². The number of benzene rings is 1. The Labute approximate surface area is 120 Å². The number of carbonyl (C=O) groups excluding carboxylic acids is 2. The molecule has 1 N–H and O–H groups in total. The van der Waals surface area contributed by atoms with E-state index in [2.05, 4.69) is 58.2 Å². The third-order valence-electron chi connectivity index (χ3n) is 1.75. The highest BCUT2D eigenvalue weighted by Crippen LogP contribution is 2.36. The normalized spacial score (nSPS) is 15.6. The van der Waals surface area contributed by atoms with Crippen LogP contribution in [0.15, 0.2) is 25.6 Å². The summed E-state index contributed by atoms with van der Waals surface area (Å²) in [5, 5.41) is 0.934. The van der Waals surface area contributed by atoms with Crippen LogP contribution in [0.4, 0.5) is 5.69 Å². The van der Waals surface area contributed by atoms with Crippen molar-refractivity contribution in [3.63, 3.8) is 0 Å². The van der Waals surface area contributed by atoms with E-state index in [0.717, 1.165) is 14.1 Å². The Hall–Kier alpha value is -0.640. The summed E-state index contributed by atoms with van der Waals surface area (Å²) < 4.78 is 2.10. The van der Waals surface area contributed by atoms with Gasteiger partial charge >= 0.3 is 11.9 Å². The van der Waals surface area contributed by atoms with Crippen molar-refractivity contribution >= 4 is 65.4 Å². The van der Waals surface area contributed by atoms with Crippen molar-refractivity contribution < 1.29 is 19.3 Å². The van der Waals surface area contributed by atoms with Gasteiger partial charge in [0.05, 0.1) is 4.47 Å². The molecular weight excluding hydrogens is 428 g/mol. The maximum Gasteiger partial charge on any atom is 0.444 e. The minimum absolute atomic E-state index is 0.451. The molecule has 6 nitrogen and oxygen atoms in total. The monoisotopic (exact) mass is 428 g/mol. The first-order chi connectivity index (χ1) is 7.99.